The van der Waals surface area contributed by atoms with Crippen LogP contribution >= 0.6 is 0 Å². The Labute approximate surface area is 445 Å². The molecule has 0 fully saturated rings. The van der Waals surface area contributed by atoms with E-state index < -0.39 is 11.0 Å². The molecule has 3 heteroatoms. The number of aromatic nitrogens is 1. The molecule has 360 valence electrons. The molecule has 17 rings (SSSR count). The third-order valence-electron chi connectivity index (χ3n) is 17.7. The fraction of sp³-hybridized carbons (Fsp3) is 0.0541. The fourth-order valence-electron chi connectivity index (χ4n) is 14.3. The van der Waals surface area contributed by atoms with E-state index in [0.29, 0.717) is 0 Å². The predicted molar refractivity (Wildman–Crippen MR) is 316 cm³/mol. The van der Waals surface area contributed by atoms with Crippen LogP contribution in [0, 0.1) is 0 Å². The van der Waals surface area contributed by atoms with E-state index in [4.69, 9.17) is 9.15 Å². The van der Waals surface area contributed by atoms with Crippen LogP contribution in [0.5, 0.6) is 5.75 Å². The topological polar surface area (TPSA) is 27.3 Å². The van der Waals surface area contributed by atoms with Crippen molar-refractivity contribution in [2.75, 3.05) is 0 Å². The number of hydrogen-bond donors (Lipinski definition) is 0. The van der Waals surface area contributed by atoms with Gasteiger partial charge in [-0.2, -0.15) is 0 Å². The largest absolute Gasteiger partial charge is 0.481 e. The van der Waals surface area contributed by atoms with Crippen LogP contribution in [0.1, 0.15) is 46.2 Å². The minimum absolute atomic E-state index is 0.0516. The van der Waals surface area contributed by atoms with Crippen molar-refractivity contribution in [1.82, 2.24) is 4.57 Å². The molecule has 4 aliphatic rings. The lowest BCUT2D eigenvalue weighted by atomic mass is 9.70. The van der Waals surface area contributed by atoms with Crippen LogP contribution in [0.4, 0.5) is 0 Å². The molecule has 3 nitrogen and oxygen atoms in total. The maximum atomic E-state index is 6.81. The zero-order chi connectivity index (χ0) is 50.6. The average Bonchev–Trinajstić information content (AvgIpc) is 4.46. The Bertz CT molecular complexity index is 4670. The minimum atomic E-state index is -0.497. The van der Waals surface area contributed by atoms with Gasteiger partial charge < -0.3 is 13.7 Å². The van der Waals surface area contributed by atoms with E-state index in [0.717, 1.165) is 61.1 Å². The Kier molecular flexibility index (Phi) is 8.68. The molecule has 0 N–H and O–H groups in total. The first kappa shape index (κ1) is 42.6. The summed E-state index contributed by atoms with van der Waals surface area (Å²) in [7, 11) is 0. The van der Waals surface area contributed by atoms with Gasteiger partial charge in [-0.3, -0.25) is 0 Å². The smallest absolute Gasteiger partial charge is 0.143 e. The molecule has 13 aromatic rings. The van der Waals surface area contributed by atoms with Crippen LogP contribution < -0.4 is 4.74 Å². The van der Waals surface area contributed by atoms with Crippen molar-refractivity contribution in [3.05, 3.63) is 294 Å². The Hall–Kier alpha value is -9.70. The van der Waals surface area contributed by atoms with Gasteiger partial charge in [0.05, 0.1) is 16.4 Å². The van der Waals surface area contributed by atoms with Gasteiger partial charge in [-0.05, 0) is 139 Å². The van der Waals surface area contributed by atoms with Gasteiger partial charge in [0.15, 0.2) is 0 Å². The molecule has 2 atom stereocenters. The predicted octanol–water partition coefficient (Wildman–Crippen LogP) is 18.9. The van der Waals surface area contributed by atoms with Crippen molar-refractivity contribution in [3.8, 4) is 67.1 Å². The van der Waals surface area contributed by atoms with Gasteiger partial charge in [0.2, 0.25) is 0 Å². The number of furan rings is 1. The highest BCUT2D eigenvalue weighted by Crippen LogP contribution is 2.63. The Balaban J connectivity index is 0.812. The number of fused-ring (bicyclic) bond motifs is 19. The number of allylic oxidation sites excluding steroid dienone is 2. The number of nitrogens with zero attached hydrogens (tertiary/aromatic N) is 1. The van der Waals surface area contributed by atoms with Gasteiger partial charge >= 0.3 is 0 Å². The van der Waals surface area contributed by atoms with Crippen molar-refractivity contribution in [2.24, 2.45) is 0 Å². The van der Waals surface area contributed by atoms with Crippen LogP contribution in [0.2, 0.25) is 0 Å². The molecule has 11 aromatic carbocycles. The summed E-state index contributed by atoms with van der Waals surface area (Å²) in [5.74, 6) is 1.00. The van der Waals surface area contributed by atoms with Gasteiger partial charge in [0.1, 0.15) is 22.5 Å². The molecule has 0 bridgehead atoms. The highest BCUT2D eigenvalue weighted by Gasteiger charge is 2.52. The van der Waals surface area contributed by atoms with E-state index in [2.05, 4.69) is 260 Å². The molecule has 77 heavy (non-hydrogen) atoms. The maximum Gasteiger partial charge on any atom is 0.143 e. The Morgan fingerprint density at radius 3 is 1.64 bits per heavy atom. The summed E-state index contributed by atoms with van der Waals surface area (Å²) >= 11 is 0. The standard InChI is InChI=1S/C74H47NO2/c1-73-62(24-13-25-63(73)59-18-6-11-27-71(59)77-73)47-32-37-51(38-33-47)75-68-40-35-48(45-28-30-46(31-29-45)52-19-12-20-58-57-17-5-10-26-70(57)76-72(52)58)42-60(68)61-43-49(36-41-69(61)75)50-34-39-56-55-16-4-9-23-66(55)74(67(56)44-50)64-21-7-2-14-53(64)54-15-3-8-22-65(54)74/h2-44,62H,1H3. The highest BCUT2D eigenvalue weighted by atomic mass is 16.5. The molecule has 0 saturated heterocycles. The van der Waals surface area contributed by atoms with E-state index in [1.54, 1.807) is 0 Å². The second-order valence-electron chi connectivity index (χ2n) is 21.5. The van der Waals surface area contributed by atoms with Crippen LogP contribution in [-0.4, -0.2) is 10.2 Å². The molecule has 1 aliphatic heterocycles. The molecule has 0 saturated carbocycles. The van der Waals surface area contributed by atoms with Crippen molar-refractivity contribution >= 4 is 49.3 Å². The van der Waals surface area contributed by atoms with Gasteiger partial charge in [-0.25, -0.2) is 0 Å². The average molecular weight is 982 g/mol. The Morgan fingerprint density at radius 2 is 0.935 bits per heavy atom. The van der Waals surface area contributed by atoms with Crippen LogP contribution in [0.3, 0.4) is 0 Å². The third kappa shape index (κ3) is 5.81. The van der Waals surface area contributed by atoms with E-state index in [1.807, 2.05) is 12.1 Å². The first-order valence-electron chi connectivity index (χ1n) is 26.8. The van der Waals surface area contributed by atoms with Gasteiger partial charge in [-0.1, -0.05) is 206 Å². The number of para-hydroxylation sites is 3. The number of rotatable bonds is 5. The van der Waals surface area contributed by atoms with Crippen molar-refractivity contribution in [1.29, 1.82) is 0 Å². The molecule has 2 aromatic heterocycles. The zero-order valence-corrected chi connectivity index (χ0v) is 42.2. The summed E-state index contributed by atoms with van der Waals surface area (Å²) in [6.45, 7) is 2.24. The molecule has 3 heterocycles. The van der Waals surface area contributed by atoms with Gasteiger partial charge in [0.25, 0.3) is 0 Å². The summed E-state index contributed by atoms with van der Waals surface area (Å²) in [5, 5.41) is 4.69. The monoisotopic (exact) mass is 981 g/mol. The first-order chi connectivity index (χ1) is 38.0. The van der Waals surface area contributed by atoms with Gasteiger partial charge in [0, 0.05) is 49.9 Å². The van der Waals surface area contributed by atoms with E-state index >= 15 is 0 Å². The zero-order valence-electron chi connectivity index (χ0n) is 42.2. The summed E-state index contributed by atoms with van der Waals surface area (Å²) < 4.78 is 15.7. The number of benzene rings is 11. The molecule has 2 unspecified atom stereocenters. The second kappa shape index (κ2) is 15.7. The minimum Gasteiger partial charge on any atom is -0.481 e. The lowest BCUT2D eigenvalue weighted by Gasteiger charge is -2.35. The Morgan fingerprint density at radius 1 is 0.403 bits per heavy atom. The van der Waals surface area contributed by atoms with Crippen LogP contribution in [0.15, 0.2) is 265 Å². The lowest BCUT2D eigenvalue weighted by Crippen LogP contribution is -2.37. The normalized spacial score (nSPS) is 17.1. The van der Waals surface area contributed by atoms with Gasteiger partial charge in [-0.15, -0.1) is 0 Å². The third-order valence-corrected chi connectivity index (χ3v) is 17.7. The molecule has 3 aliphatic carbocycles. The summed E-state index contributed by atoms with van der Waals surface area (Å²) in [4.78, 5) is 0. The summed E-state index contributed by atoms with van der Waals surface area (Å²) in [5.41, 5.74) is 25.6. The molecular weight excluding hydrogens is 935 g/mol. The molecular formula is C74H47NO2. The first-order valence-corrected chi connectivity index (χ1v) is 26.8. The van der Waals surface area contributed by atoms with Crippen LogP contribution in [-0.2, 0) is 5.41 Å². The van der Waals surface area contributed by atoms with Crippen molar-refractivity contribution in [2.45, 2.75) is 23.9 Å². The molecule has 0 amide bonds. The van der Waals surface area contributed by atoms with Crippen molar-refractivity contribution in [3.63, 3.8) is 0 Å². The maximum absolute atomic E-state index is 6.81. The van der Waals surface area contributed by atoms with E-state index in [9.17, 15) is 0 Å². The lowest BCUT2D eigenvalue weighted by molar-refractivity contribution is 0.149. The fourth-order valence-corrected chi connectivity index (χ4v) is 14.3. The second-order valence-corrected chi connectivity index (χ2v) is 21.5. The number of ether oxygens (including phenoxy) is 1. The quantitative estimate of drug-likeness (QED) is 0.172. The number of hydrogen-bond acceptors (Lipinski definition) is 2. The van der Waals surface area contributed by atoms with E-state index in [-0.39, 0.29) is 5.92 Å². The SMILES string of the molecule is CC12Oc3ccccc3C1=CC=CC2c1ccc(-n2c3ccc(-c4ccc(-c5cccc6c5oc5ccccc56)cc4)cc3c3cc(-c4ccc5c(c4)C4(c6ccccc6-c6ccccc64)c4ccccc4-5)ccc32)cc1. The van der Waals surface area contributed by atoms with Crippen molar-refractivity contribution < 1.29 is 9.15 Å². The molecule has 0 radical (unpaired) electrons. The highest BCUT2D eigenvalue weighted by molar-refractivity contribution is 6.12. The van der Waals surface area contributed by atoms with E-state index in [1.165, 1.54) is 88.7 Å². The van der Waals surface area contributed by atoms with Crippen LogP contribution in [0.25, 0.3) is 111 Å². The summed E-state index contributed by atoms with van der Waals surface area (Å²) in [6, 6.07) is 89.9. The summed E-state index contributed by atoms with van der Waals surface area (Å²) in [6.07, 6.45) is 6.72. The molecule has 1 spiro atoms.